The molecular formula is C11H22ClNO3S. The normalized spacial score (nSPS) is 39.6. The van der Waals surface area contributed by atoms with Crippen LogP contribution in [0.25, 0.3) is 0 Å². The minimum atomic E-state index is -2.97. The summed E-state index contributed by atoms with van der Waals surface area (Å²) < 4.78 is 29.6. The van der Waals surface area contributed by atoms with Crippen molar-refractivity contribution in [3.63, 3.8) is 0 Å². The first kappa shape index (κ1) is 15.2. The van der Waals surface area contributed by atoms with Crippen molar-refractivity contribution in [1.82, 2.24) is 5.32 Å². The standard InChI is InChI=1S/C11H21NO3S.ClH/c1-10(2)7-12-11(3,15-8-10)9-5-4-6-16(9,13)14;/h9,12H,4-8H2,1-3H3;1H. The van der Waals surface area contributed by atoms with Gasteiger partial charge in [0.05, 0.1) is 12.4 Å². The number of hydrogen-bond acceptors (Lipinski definition) is 4. The molecule has 2 heterocycles. The van der Waals surface area contributed by atoms with Crippen LogP contribution in [0.15, 0.2) is 0 Å². The van der Waals surface area contributed by atoms with Crippen LogP contribution in [0.2, 0.25) is 0 Å². The van der Waals surface area contributed by atoms with Crippen molar-refractivity contribution >= 4 is 22.2 Å². The van der Waals surface area contributed by atoms with Gasteiger partial charge >= 0.3 is 0 Å². The van der Waals surface area contributed by atoms with E-state index in [0.717, 1.165) is 13.0 Å². The number of nitrogens with one attached hydrogen (secondary N) is 1. The summed E-state index contributed by atoms with van der Waals surface area (Å²) in [7, 11) is -2.97. The zero-order valence-electron chi connectivity index (χ0n) is 10.7. The number of ether oxygens (including phenoxy) is 1. The molecule has 0 aliphatic carbocycles. The first-order valence-electron chi connectivity index (χ1n) is 5.86. The summed E-state index contributed by atoms with van der Waals surface area (Å²) in [5, 5.41) is 2.90. The number of hydrogen-bond donors (Lipinski definition) is 1. The lowest BCUT2D eigenvalue weighted by Gasteiger charge is -2.45. The Hall–Kier alpha value is 0.160. The fraction of sp³-hybridized carbons (Fsp3) is 1.00. The van der Waals surface area contributed by atoms with E-state index >= 15 is 0 Å². The van der Waals surface area contributed by atoms with Crippen molar-refractivity contribution in [3.8, 4) is 0 Å². The Morgan fingerprint density at radius 2 is 1.94 bits per heavy atom. The predicted octanol–water partition coefficient (Wildman–Crippen LogP) is 1.35. The molecule has 2 aliphatic rings. The van der Waals surface area contributed by atoms with E-state index in [4.69, 9.17) is 4.74 Å². The third-order valence-electron chi connectivity index (χ3n) is 3.62. The molecule has 0 amide bonds. The second kappa shape index (κ2) is 4.68. The number of halogens is 1. The van der Waals surface area contributed by atoms with Gasteiger partial charge in [-0.2, -0.15) is 0 Å². The maximum atomic E-state index is 11.9. The molecule has 0 aromatic rings. The molecule has 0 saturated carbocycles. The van der Waals surface area contributed by atoms with Crippen LogP contribution in [0.4, 0.5) is 0 Å². The molecule has 0 radical (unpaired) electrons. The maximum Gasteiger partial charge on any atom is 0.157 e. The lowest BCUT2D eigenvalue weighted by Crippen LogP contribution is -2.62. The van der Waals surface area contributed by atoms with Gasteiger partial charge in [-0.15, -0.1) is 12.4 Å². The first-order chi connectivity index (χ1) is 7.25. The van der Waals surface area contributed by atoms with E-state index in [1.165, 1.54) is 0 Å². The quantitative estimate of drug-likeness (QED) is 0.789. The van der Waals surface area contributed by atoms with Crippen LogP contribution >= 0.6 is 12.4 Å². The van der Waals surface area contributed by atoms with Gasteiger partial charge in [0.2, 0.25) is 0 Å². The Kier molecular flexibility index (Phi) is 4.19. The Bertz CT molecular complexity index is 370. The van der Waals surface area contributed by atoms with Crippen LogP contribution in [0.5, 0.6) is 0 Å². The highest BCUT2D eigenvalue weighted by Crippen LogP contribution is 2.34. The van der Waals surface area contributed by atoms with Gasteiger partial charge in [0.1, 0.15) is 11.0 Å². The number of rotatable bonds is 1. The minimum Gasteiger partial charge on any atom is -0.359 e. The summed E-state index contributed by atoms with van der Waals surface area (Å²) in [5.74, 6) is 0.307. The third kappa shape index (κ3) is 2.95. The van der Waals surface area contributed by atoms with Crippen molar-refractivity contribution < 1.29 is 13.2 Å². The summed E-state index contributed by atoms with van der Waals surface area (Å²) >= 11 is 0. The van der Waals surface area contributed by atoms with E-state index in [1.54, 1.807) is 0 Å². The Morgan fingerprint density at radius 1 is 1.29 bits per heavy atom. The van der Waals surface area contributed by atoms with Crippen molar-refractivity contribution in [2.75, 3.05) is 18.9 Å². The Balaban J connectivity index is 0.00000144. The van der Waals surface area contributed by atoms with E-state index < -0.39 is 15.6 Å². The van der Waals surface area contributed by atoms with Gasteiger partial charge in [0.25, 0.3) is 0 Å². The summed E-state index contributed by atoms with van der Waals surface area (Å²) in [6, 6.07) is 0. The van der Waals surface area contributed by atoms with Gasteiger partial charge in [-0.1, -0.05) is 13.8 Å². The van der Waals surface area contributed by atoms with Crippen LogP contribution in [0, 0.1) is 5.41 Å². The molecule has 4 nitrogen and oxygen atoms in total. The van der Waals surface area contributed by atoms with E-state index in [2.05, 4.69) is 19.2 Å². The molecule has 2 fully saturated rings. The van der Waals surface area contributed by atoms with E-state index in [0.29, 0.717) is 18.8 Å². The molecule has 0 spiro atoms. The summed E-state index contributed by atoms with van der Waals surface area (Å²) in [6.45, 7) is 7.51. The molecule has 2 aliphatic heterocycles. The van der Waals surface area contributed by atoms with E-state index in [-0.39, 0.29) is 23.1 Å². The summed E-state index contributed by atoms with van der Waals surface area (Å²) in [6.07, 6.45) is 1.48. The molecule has 102 valence electrons. The van der Waals surface area contributed by atoms with Crippen molar-refractivity contribution in [2.45, 2.75) is 44.6 Å². The Labute approximate surface area is 110 Å². The van der Waals surface area contributed by atoms with Gasteiger partial charge in [-0.05, 0) is 19.8 Å². The lowest BCUT2D eigenvalue weighted by atomic mass is 9.91. The SMILES string of the molecule is CC1(C)CNC(C)(C2CCCS2(=O)=O)OC1.Cl. The predicted molar refractivity (Wildman–Crippen MR) is 70.2 cm³/mol. The van der Waals surface area contributed by atoms with Gasteiger partial charge in [-0.3, -0.25) is 5.32 Å². The van der Waals surface area contributed by atoms with Gasteiger partial charge in [0.15, 0.2) is 9.84 Å². The molecule has 17 heavy (non-hydrogen) atoms. The fourth-order valence-electron chi connectivity index (χ4n) is 2.48. The van der Waals surface area contributed by atoms with Gasteiger partial charge in [0, 0.05) is 12.0 Å². The molecule has 2 atom stereocenters. The van der Waals surface area contributed by atoms with Crippen LogP contribution in [-0.4, -0.2) is 38.3 Å². The fourth-order valence-corrected chi connectivity index (χ4v) is 4.69. The van der Waals surface area contributed by atoms with Crippen molar-refractivity contribution in [1.29, 1.82) is 0 Å². The van der Waals surface area contributed by atoms with Crippen LogP contribution < -0.4 is 5.32 Å². The molecule has 1 N–H and O–H groups in total. The monoisotopic (exact) mass is 283 g/mol. The van der Waals surface area contributed by atoms with Gasteiger partial charge in [-0.25, -0.2) is 8.42 Å². The largest absolute Gasteiger partial charge is 0.359 e. The highest BCUT2D eigenvalue weighted by molar-refractivity contribution is 7.92. The Morgan fingerprint density at radius 3 is 2.35 bits per heavy atom. The average molecular weight is 284 g/mol. The van der Waals surface area contributed by atoms with Gasteiger partial charge < -0.3 is 4.74 Å². The van der Waals surface area contributed by atoms with Crippen molar-refractivity contribution in [2.24, 2.45) is 5.41 Å². The van der Waals surface area contributed by atoms with Crippen LogP contribution in [0.1, 0.15) is 33.6 Å². The zero-order chi connectivity index (χ0) is 12.0. The summed E-state index contributed by atoms with van der Waals surface area (Å²) in [5.41, 5.74) is -0.604. The summed E-state index contributed by atoms with van der Waals surface area (Å²) in [4.78, 5) is 0. The lowest BCUT2D eigenvalue weighted by molar-refractivity contribution is -0.127. The average Bonchev–Trinajstić information content (AvgIpc) is 2.52. The molecule has 0 aromatic heterocycles. The molecule has 2 rings (SSSR count). The minimum absolute atomic E-state index is 0. The third-order valence-corrected chi connectivity index (χ3v) is 6.03. The molecule has 0 bridgehead atoms. The smallest absolute Gasteiger partial charge is 0.157 e. The highest BCUT2D eigenvalue weighted by Gasteiger charge is 2.49. The van der Waals surface area contributed by atoms with E-state index in [1.807, 2.05) is 6.92 Å². The zero-order valence-corrected chi connectivity index (χ0v) is 12.3. The topological polar surface area (TPSA) is 55.4 Å². The first-order valence-corrected chi connectivity index (χ1v) is 7.57. The molecule has 6 heteroatoms. The second-order valence-electron chi connectivity index (χ2n) is 5.91. The molecule has 2 saturated heterocycles. The molecule has 0 aromatic carbocycles. The number of sulfone groups is 1. The van der Waals surface area contributed by atoms with Crippen molar-refractivity contribution in [3.05, 3.63) is 0 Å². The maximum absolute atomic E-state index is 11.9. The van der Waals surface area contributed by atoms with E-state index in [9.17, 15) is 8.42 Å². The molecule has 2 unspecified atom stereocenters. The molecular weight excluding hydrogens is 262 g/mol. The van der Waals surface area contributed by atoms with Crippen LogP contribution in [0.3, 0.4) is 0 Å². The van der Waals surface area contributed by atoms with Crippen LogP contribution in [-0.2, 0) is 14.6 Å². The second-order valence-corrected chi connectivity index (χ2v) is 8.21. The highest BCUT2D eigenvalue weighted by atomic mass is 35.5.